The van der Waals surface area contributed by atoms with Crippen LogP contribution in [0.1, 0.15) is 28.9 Å². The van der Waals surface area contributed by atoms with E-state index in [0.29, 0.717) is 40.8 Å². The minimum atomic E-state index is -0.354. The number of halogens is 1. The van der Waals surface area contributed by atoms with Crippen LogP contribution in [-0.4, -0.2) is 55.7 Å². The lowest BCUT2D eigenvalue weighted by molar-refractivity contribution is -0.140. The van der Waals surface area contributed by atoms with Gasteiger partial charge >= 0.3 is 11.9 Å². The van der Waals surface area contributed by atoms with Gasteiger partial charge in [0.1, 0.15) is 5.69 Å². The fourth-order valence-corrected chi connectivity index (χ4v) is 3.39. The van der Waals surface area contributed by atoms with E-state index in [4.69, 9.17) is 21.1 Å². The van der Waals surface area contributed by atoms with Crippen LogP contribution in [0.5, 0.6) is 0 Å². The standard InChI is InChI=1S/C23H22ClN3O5/c1-31-21(29)9-12-27(13-10-22(30)32-2)15-5-6-19(17(24)14-15)26-18-7-8-20(28)23-16(18)4-3-11-25-23/h3-8,11,14H,9-10,12-13H2,1-2H3. The van der Waals surface area contributed by atoms with Gasteiger partial charge in [0, 0.05) is 30.5 Å². The van der Waals surface area contributed by atoms with Crippen molar-refractivity contribution >= 4 is 46.4 Å². The molecular formula is C23H22ClN3O5. The Balaban J connectivity index is 1.86. The second kappa shape index (κ2) is 10.7. The molecule has 1 aromatic carbocycles. The van der Waals surface area contributed by atoms with Crippen molar-refractivity contribution < 1.29 is 23.9 Å². The summed E-state index contributed by atoms with van der Waals surface area (Å²) in [7, 11) is 2.65. The minimum absolute atomic E-state index is 0.155. The van der Waals surface area contributed by atoms with E-state index < -0.39 is 0 Å². The normalized spacial score (nSPS) is 13.6. The van der Waals surface area contributed by atoms with Gasteiger partial charge in [0.15, 0.2) is 0 Å². The van der Waals surface area contributed by atoms with Crippen LogP contribution in [0.25, 0.3) is 0 Å². The molecule has 0 saturated carbocycles. The van der Waals surface area contributed by atoms with E-state index in [0.717, 1.165) is 5.69 Å². The van der Waals surface area contributed by atoms with E-state index in [9.17, 15) is 14.4 Å². The number of pyridine rings is 1. The molecule has 0 radical (unpaired) electrons. The number of allylic oxidation sites excluding steroid dienone is 2. The van der Waals surface area contributed by atoms with Crippen molar-refractivity contribution in [3.63, 3.8) is 0 Å². The number of fused-ring (bicyclic) bond motifs is 1. The molecule has 0 N–H and O–H groups in total. The molecule has 1 aromatic heterocycles. The first-order valence-corrected chi connectivity index (χ1v) is 10.3. The number of carbonyl (C=O) groups is 3. The number of nitrogens with zero attached hydrogens (tertiary/aromatic N) is 3. The molecule has 0 aliphatic heterocycles. The zero-order chi connectivity index (χ0) is 23.1. The number of benzene rings is 1. The van der Waals surface area contributed by atoms with Gasteiger partial charge in [0.2, 0.25) is 5.78 Å². The number of esters is 2. The van der Waals surface area contributed by atoms with Crippen molar-refractivity contribution in [2.75, 3.05) is 32.2 Å². The number of ether oxygens (including phenoxy) is 2. The number of methoxy groups -OCH3 is 2. The summed E-state index contributed by atoms with van der Waals surface area (Å²) in [6, 6.07) is 8.80. The zero-order valence-electron chi connectivity index (χ0n) is 17.7. The van der Waals surface area contributed by atoms with Crippen LogP contribution >= 0.6 is 11.6 Å². The maximum absolute atomic E-state index is 12.0. The Morgan fingerprint density at radius 2 is 1.75 bits per heavy atom. The summed E-state index contributed by atoms with van der Waals surface area (Å²) < 4.78 is 9.42. The molecule has 0 fully saturated rings. The molecule has 1 aliphatic carbocycles. The Labute approximate surface area is 190 Å². The van der Waals surface area contributed by atoms with Crippen LogP contribution in [0, 0.1) is 0 Å². The molecule has 0 amide bonds. The first kappa shape index (κ1) is 23.1. The minimum Gasteiger partial charge on any atom is -0.469 e. The highest BCUT2D eigenvalue weighted by atomic mass is 35.5. The second-order valence-electron chi connectivity index (χ2n) is 6.87. The number of ketones is 1. The third-order valence-corrected chi connectivity index (χ3v) is 5.18. The van der Waals surface area contributed by atoms with Crippen molar-refractivity contribution in [2.24, 2.45) is 4.99 Å². The fourth-order valence-electron chi connectivity index (χ4n) is 3.17. The molecule has 2 aromatic rings. The average Bonchev–Trinajstić information content (AvgIpc) is 2.81. The SMILES string of the molecule is COC(=O)CCN(CCC(=O)OC)c1ccc(N=C2C=CC(=O)c3ncccc32)c(Cl)c1. The molecule has 32 heavy (non-hydrogen) atoms. The Kier molecular flexibility index (Phi) is 7.72. The smallest absolute Gasteiger partial charge is 0.307 e. The lowest BCUT2D eigenvalue weighted by atomic mass is 9.99. The molecule has 9 heteroatoms. The van der Waals surface area contributed by atoms with Crippen molar-refractivity contribution in [3.8, 4) is 0 Å². The van der Waals surface area contributed by atoms with Crippen LogP contribution in [0.4, 0.5) is 11.4 Å². The van der Waals surface area contributed by atoms with Crippen molar-refractivity contribution in [2.45, 2.75) is 12.8 Å². The topological polar surface area (TPSA) is 98.2 Å². The fraction of sp³-hybridized carbons (Fsp3) is 0.261. The molecule has 3 rings (SSSR count). The molecule has 0 spiro atoms. The molecule has 1 aliphatic rings. The number of rotatable bonds is 8. The summed E-state index contributed by atoms with van der Waals surface area (Å²) in [5.41, 5.74) is 2.80. The third-order valence-electron chi connectivity index (χ3n) is 4.87. The lowest BCUT2D eigenvalue weighted by Crippen LogP contribution is -2.29. The van der Waals surface area contributed by atoms with E-state index in [1.807, 2.05) is 11.0 Å². The maximum atomic E-state index is 12.0. The number of aliphatic imine (C=N–C) groups is 1. The Hall–Kier alpha value is -3.52. The number of carbonyl (C=O) groups excluding carboxylic acids is 3. The summed E-state index contributed by atoms with van der Waals surface area (Å²) in [5, 5.41) is 0.381. The van der Waals surface area contributed by atoms with E-state index >= 15 is 0 Å². The maximum Gasteiger partial charge on any atom is 0.307 e. The van der Waals surface area contributed by atoms with Gasteiger partial charge < -0.3 is 14.4 Å². The van der Waals surface area contributed by atoms with Gasteiger partial charge in [-0.1, -0.05) is 11.6 Å². The van der Waals surface area contributed by atoms with Crippen molar-refractivity contribution in [3.05, 3.63) is 65.0 Å². The van der Waals surface area contributed by atoms with Gasteiger partial charge in [-0.25, -0.2) is 4.99 Å². The van der Waals surface area contributed by atoms with E-state index in [1.165, 1.54) is 20.3 Å². The molecule has 0 bridgehead atoms. The summed E-state index contributed by atoms with van der Waals surface area (Å²) >= 11 is 6.50. The van der Waals surface area contributed by atoms with Gasteiger partial charge in [0.05, 0.1) is 43.5 Å². The first-order valence-electron chi connectivity index (χ1n) is 9.87. The summed E-state index contributed by atoms with van der Waals surface area (Å²) in [6.07, 6.45) is 4.93. The summed E-state index contributed by atoms with van der Waals surface area (Å²) in [4.78, 5) is 45.8. The third kappa shape index (κ3) is 5.59. The van der Waals surface area contributed by atoms with E-state index in [-0.39, 0.29) is 30.6 Å². The van der Waals surface area contributed by atoms with Crippen LogP contribution < -0.4 is 4.90 Å². The molecule has 0 unspecified atom stereocenters. The van der Waals surface area contributed by atoms with Crippen LogP contribution in [-0.2, 0) is 19.1 Å². The Bertz CT molecular complexity index is 1080. The number of hydrogen-bond donors (Lipinski definition) is 0. The zero-order valence-corrected chi connectivity index (χ0v) is 18.5. The molecule has 0 atom stereocenters. The largest absolute Gasteiger partial charge is 0.469 e. The average molecular weight is 456 g/mol. The molecular weight excluding hydrogens is 434 g/mol. The quantitative estimate of drug-likeness (QED) is 0.561. The molecule has 1 heterocycles. The summed E-state index contributed by atoms with van der Waals surface area (Å²) in [6.45, 7) is 0.690. The number of anilines is 1. The van der Waals surface area contributed by atoms with Gasteiger partial charge in [-0.05, 0) is 42.5 Å². The summed E-state index contributed by atoms with van der Waals surface area (Å²) in [5.74, 6) is -0.881. The second-order valence-corrected chi connectivity index (χ2v) is 7.28. The predicted molar refractivity (Wildman–Crippen MR) is 121 cm³/mol. The van der Waals surface area contributed by atoms with E-state index in [1.54, 1.807) is 36.5 Å². The lowest BCUT2D eigenvalue weighted by Gasteiger charge is -2.24. The monoisotopic (exact) mass is 455 g/mol. The van der Waals surface area contributed by atoms with Crippen molar-refractivity contribution in [1.82, 2.24) is 4.98 Å². The first-order chi connectivity index (χ1) is 15.4. The Morgan fingerprint density at radius 3 is 2.38 bits per heavy atom. The molecule has 166 valence electrons. The van der Waals surface area contributed by atoms with Gasteiger partial charge in [-0.3, -0.25) is 19.4 Å². The van der Waals surface area contributed by atoms with Gasteiger partial charge in [-0.15, -0.1) is 0 Å². The van der Waals surface area contributed by atoms with Crippen LogP contribution in [0.3, 0.4) is 0 Å². The number of hydrogen-bond acceptors (Lipinski definition) is 8. The van der Waals surface area contributed by atoms with Gasteiger partial charge in [0.25, 0.3) is 0 Å². The predicted octanol–water partition coefficient (Wildman–Crippen LogP) is 3.54. The number of aromatic nitrogens is 1. The van der Waals surface area contributed by atoms with Crippen LogP contribution in [0.2, 0.25) is 5.02 Å². The Morgan fingerprint density at radius 1 is 1.06 bits per heavy atom. The molecule has 0 saturated heterocycles. The van der Waals surface area contributed by atoms with Crippen molar-refractivity contribution in [1.29, 1.82) is 0 Å². The highest BCUT2D eigenvalue weighted by Crippen LogP contribution is 2.31. The highest BCUT2D eigenvalue weighted by molar-refractivity contribution is 6.33. The van der Waals surface area contributed by atoms with Crippen LogP contribution in [0.15, 0.2) is 53.7 Å². The highest BCUT2D eigenvalue weighted by Gasteiger charge is 2.19. The molecule has 8 nitrogen and oxygen atoms in total. The van der Waals surface area contributed by atoms with E-state index in [2.05, 4.69) is 9.98 Å². The van der Waals surface area contributed by atoms with Gasteiger partial charge in [-0.2, -0.15) is 0 Å².